The van der Waals surface area contributed by atoms with Gasteiger partial charge in [0.15, 0.2) is 17.3 Å². The van der Waals surface area contributed by atoms with E-state index in [2.05, 4.69) is 14.9 Å². The number of aromatic nitrogens is 3. The minimum atomic E-state index is -0.372. The predicted molar refractivity (Wildman–Crippen MR) is 114 cm³/mol. The quantitative estimate of drug-likeness (QED) is 0.470. The van der Waals surface area contributed by atoms with Gasteiger partial charge in [-0.2, -0.15) is 0 Å². The SMILES string of the molecule is Cc1nc2c(F)cc(-c3ccc4nc(C5CCN(C6CC6)CC5)ncc4c3)cc2o1. The zero-order valence-corrected chi connectivity index (χ0v) is 16.9. The molecule has 2 aromatic heterocycles. The average Bonchev–Trinajstić information content (AvgIpc) is 3.54. The van der Waals surface area contributed by atoms with Crippen molar-refractivity contribution in [2.45, 2.75) is 44.6 Å². The second-order valence-corrected chi connectivity index (χ2v) is 8.58. The highest BCUT2D eigenvalue weighted by Gasteiger charge is 2.32. The lowest BCUT2D eigenvalue weighted by molar-refractivity contribution is 0.200. The van der Waals surface area contributed by atoms with Gasteiger partial charge in [-0.3, -0.25) is 0 Å². The van der Waals surface area contributed by atoms with Crippen molar-refractivity contribution in [2.75, 3.05) is 13.1 Å². The fourth-order valence-corrected chi connectivity index (χ4v) is 4.65. The topological polar surface area (TPSA) is 55.1 Å². The van der Waals surface area contributed by atoms with Gasteiger partial charge in [-0.15, -0.1) is 0 Å². The first-order valence-corrected chi connectivity index (χ1v) is 10.7. The first kappa shape index (κ1) is 18.0. The van der Waals surface area contributed by atoms with Crippen molar-refractivity contribution in [3.63, 3.8) is 0 Å². The van der Waals surface area contributed by atoms with Crippen LogP contribution in [0.15, 0.2) is 40.9 Å². The van der Waals surface area contributed by atoms with Crippen LogP contribution < -0.4 is 0 Å². The van der Waals surface area contributed by atoms with Crippen LogP contribution in [0.3, 0.4) is 0 Å². The normalized spacial score (nSPS) is 18.5. The molecule has 0 atom stereocenters. The van der Waals surface area contributed by atoms with Crippen molar-refractivity contribution >= 4 is 22.0 Å². The van der Waals surface area contributed by atoms with Crippen LogP contribution in [0.5, 0.6) is 0 Å². The Balaban J connectivity index is 1.29. The lowest BCUT2D eigenvalue weighted by Gasteiger charge is -2.31. The van der Waals surface area contributed by atoms with Crippen LogP contribution in [0.4, 0.5) is 4.39 Å². The van der Waals surface area contributed by atoms with E-state index in [0.717, 1.165) is 59.8 Å². The van der Waals surface area contributed by atoms with Gasteiger partial charge in [0.1, 0.15) is 11.3 Å². The van der Waals surface area contributed by atoms with E-state index in [0.29, 0.717) is 17.4 Å². The molecule has 6 rings (SSSR count). The molecule has 0 N–H and O–H groups in total. The summed E-state index contributed by atoms with van der Waals surface area (Å²) in [4.78, 5) is 16.3. The van der Waals surface area contributed by atoms with Crippen LogP contribution in [-0.2, 0) is 0 Å². The number of rotatable bonds is 3. The third kappa shape index (κ3) is 3.16. The average molecular weight is 402 g/mol. The summed E-state index contributed by atoms with van der Waals surface area (Å²) in [5.41, 5.74) is 3.34. The van der Waals surface area contributed by atoms with Crippen LogP contribution in [-0.4, -0.2) is 39.0 Å². The number of fused-ring (bicyclic) bond motifs is 2. The minimum absolute atomic E-state index is 0.276. The molecule has 1 aliphatic heterocycles. The molecule has 0 spiro atoms. The summed E-state index contributed by atoms with van der Waals surface area (Å²) in [7, 11) is 0. The molecule has 3 heterocycles. The molecule has 6 heteroatoms. The third-order valence-corrected chi connectivity index (χ3v) is 6.45. The second kappa shape index (κ2) is 6.84. The van der Waals surface area contributed by atoms with E-state index < -0.39 is 0 Å². The van der Waals surface area contributed by atoms with Gasteiger partial charge in [0.25, 0.3) is 0 Å². The molecular weight excluding hydrogens is 379 g/mol. The summed E-state index contributed by atoms with van der Waals surface area (Å²) in [6.07, 6.45) is 6.91. The van der Waals surface area contributed by atoms with Crippen LogP contribution >= 0.6 is 0 Å². The van der Waals surface area contributed by atoms with E-state index in [9.17, 15) is 4.39 Å². The maximum atomic E-state index is 14.4. The molecule has 1 saturated carbocycles. The van der Waals surface area contributed by atoms with E-state index in [4.69, 9.17) is 9.40 Å². The van der Waals surface area contributed by atoms with Crippen LogP contribution in [0.25, 0.3) is 33.1 Å². The van der Waals surface area contributed by atoms with Crippen molar-refractivity contribution in [3.05, 3.63) is 54.1 Å². The number of oxazole rings is 1. The predicted octanol–water partition coefficient (Wildman–Crippen LogP) is 5.23. The van der Waals surface area contributed by atoms with Gasteiger partial charge < -0.3 is 9.32 Å². The van der Waals surface area contributed by atoms with E-state index in [1.54, 1.807) is 6.92 Å². The molecule has 2 aromatic carbocycles. The molecule has 2 fully saturated rings. The number of benzene rings is 2. The Kier molecular flexibility index (Phi) is 4.09. The molecule has 4 aromatic rings. The lowest BCUT2D eigenvalue weighted by atomic mass is 9.95. The minimum Gasteiger partial charge on any atom is -0.441 e. The number of hydrogen-bond acceptors (Lipinski definition) is 5. The van der Waals surface area contributed by atoms with Gasteiger partial charge in [-0.1, -0.05) is 6.07 Å². The molecule has 2 aliphatic rings. The summed E-state index contributed by atoms with van der Waals surface area (Å²) in [5.74, 6) is 1.48. The zero-order valence-electron chi connectivity index (χ0n) is 16.9. The van der Waals surface area contributed by atoms with Gasteiger partial charge in [0, 0.05) is 30.5 Å². The smallest absolute Gasteiger partial charge is 0.192 e. The molecule has 1 saturated heterocycles. The maximum absolute atomic E-state index is 14.4. The Morgan fingerprint density at radius 3 is 2.63 bits per heavy atom. The van der Waals surface area contributed by atoms with Gasteiger partial charge in [0.2, 0.25) is 0 Å². The first-order valence-electron chi connectivity index (χ1n) is 10.7. The third-order valence-electron chi connectivity index (χ3n) is 6.45. The largest absolute Gasteiger partial charge is 0.441 e. The number of nitrogens with zero attached hydrogens (tertiary/aromatic N) is 4. The Hall–Kier alpha value is -2.86. The highest BCUT2D eigenvalue weighted by molar-refractivity contribution is 5.87. The monoisotopic (exact) mass is 402 g/mol. The van der Waals surface area contributed by atoms with Gasteiger partial charge in [-0.25, -0.2) is 19.3 Å². The van der Waals surface area contributed by atoms with Gasteiger partial charge in [-0.05, 0) is 74.2 Å². The van der Waals surface area contributed by atoms with Crippen LogP contribution in [0.2, 0.25) is 0 Å². The van der Waals surface area contributed by atoms with Crippen molar-refractivity contribution in [1.29, 1.82) is 0 Å². The Labute approximate surface area is 174 Å². The fourth-order valence-electron chi connectivity index (χ4n) is 4.65. The zero-order chi connectivity index (χ0) is 20.2. The number of halogens is 1. The van der Waals surface area contributed by atoms with Crippen molar-refractivity contribution in [2.24, 2.45) is 0 Å². The van der Waals surface area contributed by atoms with Crippen LogP contribution in [0, 0.1) is 12.7 Å². The van der Waals surface area contributed by atoms with E-state index in [-0.39, 0.29) is 11.3 Å². The molecule has 0 unspecified atom stereocenters. The lowest BCUT2D eigenvalue weighted by Crippen LogP contribution is -2.35. The molecule has 30 heavy (non-hydrogen) atoms. The molecule has 0 radical (unpaired) electrons. The van der Waals surface area contributed by atoms with Crippen molar-refractivity contribution in [3.8, 4) is 11.1 Å². The Morgan fingerprint density at radius 2 is 1.83 bits per heavy atom. The number of aryl methyl sites for hydroxylation is 1. The standard InChI is InChI=1S/C24H23FN4O/c1-14-27-23-20(25)11-17(12-22(23)30-14)16-2-5-21-18(10-16)13-26-24(28-21)15-6-8-29(9-7-15)19-3-4-19/h2,5,10-13,15,19H,3-4,6-9H2,1H3. The summed E-state index contributed by atoms with van der Waals surface area (Å²) in [6.45, 7) is 4.04. The maximum Gasteiger partial charge on any atom is 0.192 e. The molecule has 5 nitrogen and oxygen atoms in total. The van der Waals surface area contributed by atoms with Crippen LogP contribution in [0.1, 0.15) is 43.3 Å². The highest BCUT2D eigenvalue weighted by atomic mass is 19.1. The summed E-state index contributed by atoms with van der Waals surface area (Å²) < 4.78 is 20.0. The summed E-state index contributed by atoms with van der Waals surface area (Å²) in [6, 6.07) is 10.2. The molecule has 1 aliphatic carbocycles. The van der Waals surface area contributed by atoms with Gasteiger partial charge >= 0.3 is 0 Å². The first-order chi connectivity index (χ1) is 14.6. The number of likely N-dealkylation sites (tertiary alicyclic amines) is 1. The summed E-state index contributed by atoms with van der Waals surface area (Å²) in [5, 5.41) is 0.959. The van der Waals surface area contributed by atoms with Crippen molar-refractivity contribution in [1.82, 2.24) is 19.9 Å². The van der Waals surface area contributed by atoms with E-state index in [1.807, 2.05) is 30.5 Å². The molecule has 152 valence electrons. The summed E-state index contributed by atoms with van der Waals surface area (Å²) >= 11 is 0. The van der Waals surface area contributed by atoms with E-state index >= 15 is 0 Å². The van der Waals surface area contributed by atoms with Crippen molar-refractivity contribution < 1.29 is 8.81 Å². The second-order valence-electron chi connectivity index (χ2n) is 8.58. The van der Waals surface area contributed by atoms with Gasteiger partial charge in [0.05, 0.1) is 5.52 Å². The highest BCUT2D eigenvalue weighted by Crippen LogP contribution is 2.34. The molecular formula is C24H23FN4O. The Morgan fingerprint density at radius 1 is 1.00 bits per heavy atom. The number of piperidine rings is 1. The fraction of sp³-hybridized carbons (Fsp3) is 0.375. The molecule has 0 bridgehead atoms. The molecule has 0 amide bonds. The Bertz CT molecular complexity index is 1260. The van der Waals surface area contributed by atoms with E-state index in [1.165, 1.54) is 18.9 Å². The number of hydrogen-bond donors (Lipinski definition) is 0.